The molecule has 7 nitrogen and oxygen atoms in total. The monoisotopic (exact) mass is 419 g/mol. The normalized spacial score (nSPS) is 16.1. The first-order valence-electron chi connectivity index (χ1n) is 9.15. The number of carbonyl (C=O) groups excluding carboxylic acids is 3. The number of hydrogen-bond donors (Lipinski definition) is 0. The molecule has 2 amide bonds. The number of hydrogen-bond acceptors (Lipinski definition) is 7. The molecular weight excluding hydrogens is 394 g/mol. The largest absolute Gasteiger partial charge is 0.493 e. The van der Waals surface area contributed by atoms with Crippen LogP contribution in [0.4, 0.5) is 4.79 Å². The molecule has 1 aliphatic rings. The van der Waals surface area contributed by atoms with Gasteiger partial charge in [-0.1, -0.05) is 13.0 Å². The Morgan fingerprint density at radius 1 is 1.28 bits per heavy atom. The maximum Gasteiger partial charge on any atom is 0.326 e. The quantitative estimate of drug-likeness (QED) is 0.342. The fourth-order valence-corrected chi connectivity index (χ4v) is 3.56. The lowest BCUT2D eigenvalue weighted by Crippen LogP contribution is -2.35. The van der Waals surface area contributed by atoms with Crippen LogP contribution in [0.5, 0.6) is 11.5 Å². The van der Waals surface area contributed by atoms with E-state index in [0.29, 0.717) is 29.9 Å². The molecule has 0 spiro atoms. The molecule has 0 bridgehead atoms. The van der Waals surface area contributed by atoms with E-state index in [-0.39, 0.29) is 11.0 Å². The van der Waals surface area contributed by atoms with E-state index >= 15 is 0 Å². The van der Waals surface area contributed by atoms with E-state index in [9.17, 15) is 14.4 Å². The second-order valence-electron chi connectivity index (χ2n) is 6.38. The number of amides is 2. The summed E-state index contributed by atoms with van der Waals surface area (Å²) in [5.74, 6) is -0.0386. The van der Waals surface area contributed by atoms with E-state index in [1.807, 2.05) is 13.0 Å². The Kier molecular flexibility index (Phi) is 7.90. The summed E-state index contributed by atoms with van der Waals surface area (Å²) in [7, 11) is 3.07. The van der Waals surface area contributed by atoms with Gasteiger partial charge >= 0.3 is 5.97 Å². The molecule has 0 saturated carbocycles. The highest BCUT2D eigenvalue weighted by Gasteiger charge is 2.37. The molecule has 0 unspecified atom stereocenters. The molecule has 29 heavy (non-hydrogen) atoms. The Labute approximate surface area is 174 Å². The lowest BCUT2D eigenvalue weighted by atomic mass is 10.0. The first kappa shape index (κ1) is 22.5. The molecule has 0 radical (unpaired) electrons. The smallest absolute Gasteiger partial charge is 0.326 e. The van der Waals surface area contributed by atoms with Crippen molar-refractivity contribution in [3.63, 3.8) is 0 Å². The lowest BCUT2D eigenvalue weighted by Gasteiger charge is -2.15. The van der Waals surface area contributed by atoms with E-state index in [2.05, 4.69) is 6.58 Å². The summed E-state index contributed by atoms with van der Waals surface area (Å²) in [5, 5.41) is -0.505. The third-order valence-electron chi connectivity index (χ3n) is 4.31. The molecule has 1 aromatic carbocycles. The summed E-state index contributed by atoms with van der Waals surface area (Å²) >= 11 is 0.784. The van der Waals surface area contributed by atoms with Crippen molar-refractivity contribution in [3.8, 4) is 11.5 Å². The minimum absolute atomic E-state index is 0.225. The van der Waals surface area contributed by atoms with Crippen molar-refractivity contribution < 1.29 is 28.6 Å². The van der Waals surface area contributed by atoms with Gasteiger partial charge in [0.25, 0.3) is 11.1 Å². The molecule has 1 heterocycles. The standard InChI is InChI=1S/C21H25NO6S/c1-6-8-15-9-14(10-16(26-4)19(15)27-5)11-17-20(24)22(21(25)29-17)12-18(23)28-13(3)7-2/h6,9-11,13H,1,7-8,12H2,2-5H3/b17-11-/t13-/m1/s1. The second kappa shape index (κ2) is 10.2. The zero-order valence-electron chi connectivity index (χ0n) is 17.0. The van der Waals surface area contributed by atoms with Crippen molar-refractivity contribution in [1.29, 1.82) is 0 Å². The van der Waals surface area contributed by atoms with Gasteiger partial charge in [-0.25, -0.2) is 0 Å². The van der Waals surface area contributed by atoms with Crippen molar-refractivity contribution in [2.24, 2.45) is 0 Å². The van der Waals surface area contributed by atoms with Crippen LogP contribution < -0.4 is 9.47 Å². The fraction of sp³-hybridized carbons (Fsp3) is 0.381. The van der Waals surface area contributed by atoms with E-state index in [1.165, 1.54) is 7.11 Å². The fourth-order valence-electron chi connectivity index (χ4n) is 2.72. The van der Waals surface area contributed by atoms with Crippen LogP contribution in [0.15, 0.2) is 29.7 Å². The van der Waals surface area contributed by atoms with Gasteiger partial charge in [0, 0.05) is 5.56 Å². The molecule has 1 aliphatic heterocycles. The number of nitrogens with zero attached hydrogens (tertiary/aromatic N) is 1. The highest BCUT2D eigenvalue weighted by molar-refractivity contribution is 8.18. The van der Waals surface area contributed by atoms with Crippen LogP contribution >= 0.6 is 11.8 Å². The van der Waals surface area contributed by atoms with Crippen LogP contribution in [0, 0.1) is 0 Å². The maximum atomic E-state index is 12.6. The van der Waals surface area contributed by atoms with Gasteiger partial charge in [0.2, 0.25) is 0 Å². The van der Waals surface area contributed by atoms with Crippen molar-refractivity contribution in [2.75, 3.05) is 20.8 Å². The summed E-state index contributed by atoms with van der Waals surface area (Å²) in [6.45, 7) is 6.97. The number of imide groups is 1. The van der Waals surface area contributed by atoms with Gasteiger partial charge in [-0.2, -0.15) is 0 Å². The predicted octanol–water partition coefficient (Wildman–Crippen LogP) is 3.81. The van der Waals surface area contributed by atoms with E-state index in [0.717, 1.165) is 22.2 Å². The van der Waals surface area contributed by atoms with Gasteiger partial charge in [-0.15, -0.1) is 6.58 Å². The summed E-state index contributed by atoms with van der Waals surface area (Å²) in [4.78, 5) is 37.9. The summed E-state index contributed by atoms with van der Waals surface area (Å²) < 4.78 is 15.9. The first-order valence-corrected chi connectivity index (χ1v) is 9.96. The molecule has 0 aliphatic carbocycles. The van der Waals surface area contributed by atoms with Crippen molar-refractivity contribution in [2.45, 2.75) is 32.8 Å². The highest BCUT2D eigenvalue weighted by atomic mass is 32.2. The van der Waals surface area contributed by atoms with Crippen LogP contribution in [0.25, 0.3) is 6.08 Å². The Balaban J connectivity index is 2.27. The average molecular weight is 419 g/mol. The Morgan fingerprint density at radius 2 is 2.00 bits per heavy atom. The van der Waals surface area contributed by atoms with Crippen LogP contribution in [-0.2, 0) is 20.7 Å². The van der Waals surface area contributed by atoms with Gasteiger partial charge < -0.3 is 14.2 Å². The van der Waals surface area contributed by atoms with Gasteiger partial charge in [0.15, 0.2) is 11.5 Å². The third kappa shape index (κ3) is 5.41. The summed E-state index contributed by atoms with van der Waals surface area (Å²) in [6, 6.07) is 3.56. The number of thioether (sulfide) groups is 1. The van der Waals surface area contributed by atoms with Gasteiger partial charge in [-0.05, 0) is 55.3 Å². The van der Waals surface area contributed by atoms with Crippen LogP contribution in [0.2, 0.25) is 0 Å². The van der Waals surface area contributed by atoms with Crippen molar-refractivity contribution >= 4 is 35.0 Å². The van der Waals surface area contributed by atoms with Gasteiger partial charge in [-0.3, -0.25) is 19.3 Å². The van der Waals surface area contributed by atoms with Crippen molar-refractivity contribution in [3.05, 3.63) is 40.8 Å². The minimum Gasteiger partial charge on any atom is -0.493 e. The molecule has 8 heteroatoms. The topological polar surface area (TPSA) is 82.1 Å². The molecular formula is C21H25NO6S. The number of esters is 1. The summed E-state index contributed by atoms with van der Waals surface area (Å²) in [6.07, 6.45) is 4.26. The van der Waals surface area contributed by atoms with Crippen LogP contribution in [0.1, 0.15) is 31.4 Å². The number of benzene rings is 1. The molecule has 2 rings (SSSR count). The minimum atomic E-state index is -0.609. The number of allylic oxidation sites excluding steroid dienone is 1. The highest BCUT2D eigenvalue weighted by Crippen LogP contribution is 2.36. The molecule has 0 aromatic heterocycles. The number of carbonyl (C=O) groups is 3. The molecule has 1 aromatic rings. The molecule has 1 fully saturated rings. The SMILES string of the molecule is C=CCc1cc(/C=C2\SC(=O)N(CC(=O)O[C@H](C)CC)C2=O)cc(OC)c1OC. The average Bonchev–Trinajstić information content (AvgIpc) is 2.95. The zero-order chi connectivity index (χ0) is 21.6. The van der Waals surface area contributed by atoms with Crippen molar-refractivity contribution in [1.82, 2.24) is 4.90 Å². The van der Waals surface area contributed by atoms with E-state index in [1.54, 1.807) is 32.3 Å². The van der Waals surface area contributed by atoms with Crippen LogP contribution in [0.3, 0.4) is 0 Å². The van der Waals surface area contributed by atoms with Gasteiger partial charge in [0.05, 0.1) is 25.2 Å². The third-order valence-corrected chi connectivity index (χ3v) is 5.22. The number of rotatable bonds is 9. The molecule has 0 N–H and O–H groups in total. The number of methoxy groups -OCH3 is 2. The molecule has 1 saturated heterocycles. The Hall–Kier alpha value is -2.74. The Bertz CT molecular complexity index is 848. The second-order valence-corrected chi connectivity index (χ2v) is 7.38. The summed E-state index contributed by atoms with van der Waals surface area (Å²) in [5.41, 5.74) is 1.51. The van der Waals surface area contributed by atoms with Gasteiger partial charge in [0.1, 0.15) is 6.54 Å². The lowest BCUT2D eigenvalue weighted by molar-refractivity contribution is -0.150. The Morgan fingerprint density at radius 3 is 2.59 bits per heavy atom. The number of ether oxygens (including phenoxy) is 3. The predicted molar refractivity (Wildman–Crippen MR) is 112 cm³/mol. The first-order chi connectivity index (χ1) is 13.8. The van der Waals surface area contributed by atoms with E-state index < -0.39 is 23.7 Å². The maximum absolute atomic E-state index is 12.6. The molecule has 1 atom stereocenters. The van der Waals surface area contributed by atoms with Crippen LogP contribution in [-0.4, -0.2) is 48.9 Å². The zero-order valence-corrected chi connectivity index (χ0v) is 17.8. The van der Waals surface area contributed by atoms with E-state index in [4.69, 9.17) is 14.2 Å². The molecule has 156 valence electrons.